The first-order chi connectivity index (χ1) is 9.43. The lowest BCUT2D eigenvalue weighted by Crippen LogP contribution is -2.31. The van der Waals surface area contributed by atoms with Crippen molar-refractivity contribution in [2.24, 2.45) is 0 Å². The number of nitrogens with zero attached hydrogens (tertiary/aromatic N) is 1. The first kappa shape index (κ1) is 14.9. The van der Waals surface area contributed by atoms with Crippen LogP contribution in [0.4, 0.5) is 5.69 Å². The van der Waals surface area contributed by atoms with Gasteiger partial charge >= 0.3 is 5.97 Å². The van der Waals surface area contributed by atoms with E-state index in [4.69, 9.17) is 4.74 Å². The summed E-state index contributed by atoms with van der Waals surface area (Å²) in [5, 5.41) is 0. The minimum absolute atomic E-state index is 0.0310. The highest BCUT2D eigenvalue weighted by Crippen LogP contribution is 2.30. The zero-order valence-corrected chi connectivity index (χ0v) is 13.0. The molecule has 0 spiro atoms. The van der Waals surface area contributed by atoms with Gasteiger partial charge in [0.2, 0.25) is 0 Å². The molecule has 1 saturated heterocycles. The zero-order valence-electron chi connectivity index (χ0n) is 13.0. The Morgan fingerprint density at radius 3 is 2.35 bits per heavy atom. The summed E-state index contributed by atoms with van der Waals surface area (Å²) < 4.78 is 4.97. The van der Waals surface area contributed by atoms with Gasteiger partial charge in [0.1, 0.15) is 0 Å². The number of carbonyl (C=O) groups excluding carboxylic acids is 1. The first-order valence-corrected chi connectivity index (χ1v) is 7.41. The second-order valence-electron chi connectivity index (χ2n) is 6.52. The van der Waals surface area contributed by atoms with E-state index >= 15 is 0 Å². The molecular weight excluding hydrogens is 250 g/mol. The van der Waals surface area contributed by atoms with Crippen molar-refractivity contribution in [3.63, 3.8) is 0 Å². The Kier molecular flexibility index (Phi) is 4.36. The van der Waals surface area contributed by atoms with Crippen LogP contribution >= 0.6 is 0 Å². The fourth-order valence-corrected chi connectivity index (χ4v) is 2.69. The third-order valence-electron chi connectivity index (χ3n) is 3.96. The highest BCUT2D eigenvalue weighted by atomic mass is 16.5. The third-order valence-corrected chi connectivity index (χ3v) is 3.96. The van der Waals surface area contributed by atoms with E-state index < -0.39 is 0 Å². The summed E-state index contributed by atoms with van der Waals surface area (Å²) in [4.78, 5) is 14.4. The molecule has 1 aromatic carbocycles. The van der Waals surface area contributed by atoms with Gasteiger partial charge in [-0.05, 0) is 42.4 Å². The molecule has 0 unspecified atom stereocenters. The normalized spacial score (nSPS) is 16.1. The van der Waals surface area contributed by atoms with E-state index in [0.29, 0.717) is 5.56 Å². The van der Waals surface area contributed by atoms with E-state index in [2.05, 4.69) is 37.8 Å². The van der Waals surface area contributed by atoms with E-state index in [0.717, 1.165) is 18.8 Å². The lowest BCUT2D eigenvalue weighted by molar-refractivity contribution is 0.0601. The number of benzene rings is 1. The van der Waals surface area contributed by atoms with Gasteiger partial charge < -0.3 is 9.64 Å². The van der Waals surface area contributed by atoms with Crippen LogP contribution < -0.4 is 4.90 Å². The van der Waals surface area contributed by atoms with Crippen LogP contribution in [-0.2, 0) is 10.2 Å². The predicted octanol–water partition coefficient (Wildman–Crippen LogP) is 3.76. The van der Waals surface area contributed by atoms with Gasteiger partial charge in [0.15, 0.2) is 0 Å². The Balaban J connectivity index is 2.42. The molecule has 0 amide bonds. The minimum atomic E-state index is -0.239. The summed E-state index contributed by atoms with van der Waals surface area (Å²) >= 11 is 0. The van der Waals surface area contributed by atoms with Crippen LogP contribution in [0, 0.1) is 0 Å². The van der Waals surface area contributed by atoms with Crippen LogP contribution in [0.2, 0.25) is 0 Å². The number of piperidine rings is 1. The van der Waals surface area contributed by atoms with E-state index in [1.807, 2.05) is 6.07 Å². The fraction of sp³-hybridized carbons (Fsp3) is 0.588. The Hall–Kier alpha value is -1.51. The molecule has 20 heavy (non-hydrogen) atoms. The highest BCUT2D eigenvalue weighted by molar-refractivity contribution is 5.96. The molecule has 0 atom stereocenters. The summed E-state index contributed by atoms with van der Waals surface area (Å²) in [6.45, 7) is 8.52. The first-order valence-electron chi connectivity index (χ1n) is 7.41. The van der Waals surface area contributed by atoms with Crippen molar-refractivity contribution < 1.29 is 9.53 Å². The number of rotatable bonds is 2. The second kappa shape index (κ2) is 5.86. The zero-order chi connectivity index (χ0) is 14.8. The molecular formula is C17H25NO2. The topological polar surface area (TPSA) is 29.5 Å². The summed E-state index contributed by atoms with van der Waals surface area (Å²) in [7, 11) is 1.45. The van der Waals surface area contributed by atoms with Crippen molar-refractivity contribution >= 4 is 11.7 Å². The van der Waals surface area contributed by atoms with Crippen LogP contribution in [0.25, 0.3) is 0 Å². The van der Waals surface area contributed by atoms with Gasteiger partial charge in [-0.25, -0.2) is 4.79 Å². The van der Waals surface area contributed by atoms with Crippen molar-refractivity contribution in [1.82, 2.24) is 0 Å². The summed E-state index contributed by atoms with van der Waals surface area (Å²) in [6, 6.07) is 6.21. The summed E-state index contributed by atoms with van der Waals surface area (Å²) in [5.74, 6) is -0.239. The van der Waals surface area contributed by atoms with Crippen molar-refractivity contribution in [2.75, 3.05) is 25.1 Å². The van der Waals surface area contributed by atoms with Crippen LogP contribution in [0.5, 0.6) is 0 Å². The maximum Gasteiger partial charge on any atom is 0.339 e. The molecule has 0 radical (unpaired) electrons. The number of esters is 1. The third kappa shape index (κ3) is 3.14. The quantitative estimate of drug-likeness (QED) is 0.770. The van der Waals surface area contributed by atoms with E-state index in [1.165, 1.54) is 31.9 Å². The van der Waals surface area contributed by atoms with Crippen LogP contribution in [-0.4, -0.2) is 26.2 Å². The lowest BCUT2D eigenvalue weighted by Gasteiger charge is -2.31. The lowest BCUT2D eigenvalue weighted by atomic mass is 9.85. The standard InChI is InChI=1S/C17H25NO2/c1-17(2,3)13-8-9-15(14(12-13)16(19)20-4)18-10-6-5-7-11-18/h8-9,12H,5-7,10-11H2,1-4H3. The Morgan fingerprint density at radius 1 is 1.15 bits per heavy atom. The monoisotopic (exact) mass is 275 g/mol. The number of anilines is 1. The molecule has 110 valence electrons. The largest absolute Gasteiger partial charge is 0.465 e. The molecule has 0 saturated carbocycles. The average Bonchev–Trinajstić information content (AvgIpc) is 2.45. The Labute approximate surface area is 121 Å². The summed E-state index contributed by atoms with van der Waals surface area (Å²) in [5.41, 5.74) is 2.91. The number of hydrogen-bond acceptors (Lipinski definition) is 3. The van der Waals surface area contributed by atoms with Crippen molar-refractivity contribution in [1.29, 1.82) is 0 Å². The molecule has 1 aliphatic heterocycles. The number of methoxy groups -OCH3 is 1. The molecule has 1 aliphatic rings. The second-order valence-corrected chi connectivity index (χ2v) is 6.52. The minimum Gasteiger partial charge on any atom is -0.465 e. The molecule has 2 rings (SSSR count). The molecule has 1 aromatic rings. The highest BCUT2D eigenvalue weighted by Gasteiger charge is 2.22. The molecule has 0 aliphatic carbocycles. The molecule has 1 heterocycles. The van der Waals surface area contributed by atoms with E-state index in [9.17, 15) is 4.79 Å². The van der Waals surface area contributed by atoms with Gasteiger partial charge in [-0.1, -0.05) is 26.8 Å². The molecule has 1 fully saturated rings. The fourth-order valence-electron chi connectivity index (χ4n) is 2.69. The average molecular weight is 275 g/mol. The van der Waals surface area contributed by atoms with Crippen molar-refractivity contribution in [3.8, 4) is 0 Å². The maximum atomic E-state index is 12.1. The van der Waals surface area contributed by atoms with Gasteiger partial charge in [0.25, 0.3) is 0 Å². The van der Waals surface area contributed by atoms with Gasteiger partial charge in [-0.15, -0.1) is 0 Å². The number of ether oxygens (including phenoxy) is 1. The van der Waals surface area contributed by atoms with Gasteiger partial charge in [-0.2, -0.15) is 0 Å². The van der Waals surface area contributed by atoms with Gasteiger partial charge in [-0.3, -0.25) is 0 Å². The van der Waals surface area contributed by atoms with E-state index in [-0.39, 0.29) is 11.4 Å². The van der Waals surface area contributed by atoms with E-state index in [1.54, 1.807) is 0 Å². The maximum absolute atomic E-state index is 12.1. The molecule has 3 nitrogen and oxygen atoms in total. The van der Waals surface area contributed by atoms with Crippen LogP contribution in [0.1, 0.15) is 56.0 Å². The SMILES string of the molecule is COC(=O)c1cc(C(C)(C)C)ccc1N1CCCCC1. The van der Waals surface area contributed by atoms with Crippen molar-refractivity contribution in [2.45, 2.75) is 45.4 Å². The number of carbonyl (C=O) groups is 1. The summed E-state index contributed by atoms with van der Waals surface area (Å²) in [6.07, 6.45) is 3.67. The van der Waals surface area contributed by atoms with Gasteiger partial charge in [0, 0.05) is 13.1 Å². The van der Waals surface area contributed by atoms with Gasteiger partial charge in [0.05, 0.1) is 18.4 Å². The van der Waals surface area contributed by atoms with Crippen LogP contribution in [0.3, 0.4) is 0 Å². The smallest absolute Gasteiger partial charge is 0.339 e. The Morgan fingerprint density at radius 2 is 1.80 bits per heavy atom. The Bertz CT molecular complexity index is 482. The molecule has 3 heteroatoms. The molecule has 0 aromatic heterocycles. The van der Waals surface area contributed by atoms with Crippen LogP contribution in [0.15, 0.2) is 18.2 Å². The predicted molar refractivity (Wildman–Crippen MR) is 82.5 cm³/mol. The molecule has 0 N–H and O–H groups in total. The van der Waals surface area contributed by atoms with Crippen molar-refractivity contribution in [3.05, 3.63) is 29.3 Å². The number of hydrogen-bond donors (Lipinski definition) is 0. The molecule has 0 bridgehead atoms.